The van der Waals surface area contributed by atoms with Gasteiger partial charge in [0.1, 0.15) is 5.75 Å². The molecule has 3 aromatic carbocycles. The Balaban J connectivity index is 1.81. The lowest BCUT2D eigenvalue weighted by molar-refractivity contribution is -0.385. The number of rotatable bonds is 4. The minimum absolute atomic E-state index is 0.0680. The second-order valence-electron chi connectivity index (χ2n) is 5.23. The molecule has 7 heteroatoms. The van der Waals surface area contributed by atoms with Gasteiger partial charge in [-0.3, -0.25) is 14.9 Å². The summed E-state index contributed by atoms with van der Waals surface area (Å²) in [5.41, 5.74) is 2.48. The molecule has 0 aliphatic heterocycles. The maximum atomic E-state index is 12.2. The van der Waals surface area contributed by atoms with E-state index >= 15 is 0 Å². The van der Waals surface area contributed by atoms with Gasteiger partial charge in [-0.1, -0.05) is 36.4 Å². The number of carbonyl (C=O) groups excluding carboxylic acids is 1. The summed E-state index contributed by atoms with van der Waals surface area (Å²) in [4.78, 5) is 22.6. The van der Waals surface area contributed by atoms with Crippen molar-refractivity contribution < 1.29 is 14.8 Å². The van der Waals surface area contributed by atoms with Crippen molar-refractivity contribution in [2.24, 2.45) is 5.10 Å². The van der Waals surface area contributed by atoms with Gasteiger partial charge in [-0.2, -0.15) is 5.10 Å². The molecule has 124 valence electrons. The van der Waals surface area contributed by atoms with E-state index in [-0.39, 0.29) is 22.6 Å². The predicted molar refractivity (Wildman–Crippen MR) is 93.8 cm³/mol. The van der Waals surface area contributed by atoms with Gasteiger partial charge in [0.05, 0.1) is 22.3 Å². The van der Waals surface area contributed by atoms with Crippen molar-refractivity contribution in [3.05, 3.63) is 81.9 Å². The van der Waals surface area contributed by atoms with Crippen molar-refractivity contribution in [2.75, 3.05) is 0 Å². The van der Waals surface area contributed by atoms with Crippen LogP contribution in [0.3, 0.4) is 0 Å². The molecule has 0 aliphatic rings. The minimum atomic E-state index is -0.613. The highest BCUT2D eigenvalue weighted by Gasteiger charge is 2.13. The molecule has 25 heavy (non-hydrogen) atoms. The van der Waals surface area contributed by atoms with Gasteiger partial charge in [0.15, 0.2) is 0 Å². The highest BCUT2D eigenvalue weighted by molar-refractivity contribution is 6.01. The molecule has 0 fully saturated rings. The fourth-order valence-electron chi connectivity index (χ4n) is 2.39. The third-order valence-corrected chi connectivity index (χ3v) is 3.61. The molecule has 0 aromatic heterocycles. The Morgan fingerprint density at radius 2 is 1.72 bits per heavy atom. The Kier molecular flexibility index (Phi) is 4.38. The number of nitro groups is 1. The van der Waals surface area contributed by atoms with Gasteiger partial charge < -0.3 is 5.11 Å². The second-order valence-corrected chi connectivity index (χ2v) is 5.23. The van der Waals surface area contributed by atoms with Crippen molar-refractivity contribution in [3.63, 3.8) is 0 Å². The number of hydrogen-bond acceptors (Lipinski definition) is 5. The normalized spacial score (nSPS) is 10.9. The first-order valence-electron chi connectivity index (χ1n) is 7.35. The van der Waals surface area contributed by atoms with Gasteiger partial charge in [-0.05, 0) is 29.0 Å². The molecular formula is C18H13N3O4. The fraction of sp³-hybridized carbons (Fsp3) is 0. The maximum Gasteiger partial charge on any atom is 0.278 e. The Hall–Kier alpha value is -3.74. The summed E-state index contributed by atoms with van der Waals surface area (Å²) in [6.07, 6.45) is 1.19. The summed E-state index contributed by atoms with van der Waals surface area (Å²) in [6.45, 7) is 0. The molecule has 0 saturated heterocycles. The molecule has 0 aliphatic carbocycles. The number of fused-ring (bicyclic) bond motifs is 1. The topological polar surface area (TPSA) is 105 Å². The first kappa shape index (κ1) is 16.1. The monoisotopic (exact) mass is 335 g/mol. The summed E-state index contributed by atoms with van der Waals surface area (Å²) in [5.74, 6) is -0.782. The smallest absolute Gasteiger partial charge is 0.278 e. The molecule has 0 spiro atoms. The largest absolute Gasteiger partial charge is 0.507 e. The van der Waals surface area contributed by atoms with Gasteiger partial charge in [-0.25, -0.2) is 5.43 Å². The number of para-hydroxylation sites is 1. The Bertz CT molecular complexity index is 999. The SMILES string of the molecule is O=C(N/N=C\c1ccccc1[N+](=O)[O-])c1cc2ccccc2cc1O. The lowest BCUT2D eigenvalue weighted by Gasteiger charge is -2.05. The van der Waals surface area contributed by atoms with E-state index in [1.807, 2.05) is 24.3 Å². The number of benzene rings is 3. The average molecular weight is 335 g/mol. The molecule has 0 bridgehead atoms. The van der Waals surface area contributed by atoms with Crippen LogP contribution in [0.25, 0.3) is 10.8 Å². The summed E-state index contributed by atoms with van der Waals surface area (Å²) in [6, 6.07) is 16.4. The van der Waals surface area contributed by atoms with E-state index in [4.69, 9.17) is 0 Å². The number of aromatic hydroxyl groups is 1. The molecule has 2 N–H and O–H groups in total. The molecule has 0 atom stereocenters. The Morgan fingerprint density at radius 1 is 1.08 bits per heavy atom. The third-order valence-electron chi connectivity index (χ3n) is 3.61. The van der Waals surface area contributed by atoms with Crippen LogP contribution in [0.4, 0.5) is 5.69 Å². The van der Waals surface area contributed by atoms with Crippen molar-refractivity contribution in [3.8, 4) is 5.75 Å². The number of hydrogen-bond donors (Lipinski definition) is 2. The highest BCUT2D eigenvalue weighted by Crippen LogP contribution is 2.24. The van der Waals surface area contributed by atoms with Gasteiger partial charge in [0.2, 0.25) is 0 Å². The predicted octanol–water partition coefficient (Wildman–Crippen LogP) is 3.22. The van der Waals surface area contributed by atoms with Crippen LogP contribution in [0, 0.1) is 10.1 Å². The van der Waals surface area contributed by atoms with Crippen molar-refractivity contribution >= 4 is 28.6 Å². The fourth-order valence-corrected chi connectivity index (χ4v) is 2.39. The zero-order valence-electron chi connectivity index (χ0n) is 12.9. The number of phenols is 1. The van der Waals surface area contributed by atoms with Crippen LogP contribution in [-0.4, -0.2) is 22.2 Å². The number of hydrazone groups is 1. The Labute approximate surface area is 142 Å². The van der Waals surface area contributed by atoms with Crippen molar-refractivity contribution in [2.45, 2.75) is 0 Å². The standard InChI is InChI=1S/C18H13N3O4/c22-17-10-13-6-2-1-5-12(13)9-15(17)18(23)20-19-11-14-7-3-4-8-16(14)21(24)25/h1-11,22H,(H,20,23)/b19-11-. The number of carbonyl (C=O) groups is 1. The van der Waals surface area contributed by atoms with E-state index in [1.165, 1.54) is 24.4 Å². The van der Waals surface area contributed by atoms with E-state index < -0.39 is 10.8 Å². The van der Waals surface area contributed by atoms with E-state index in [0.717, 1.165) is 10.8 Å². The molecule has 7 nitrogen and oxygen atoms in total. The van der Waals surface area contributed by atoms with E-state index in [2.05, 4.69) is 10.5 Å². The second kappa shape index (κ2) is 6.79. The van der Waals surface area contributed by atoms with Crippen LogP contribution in [0.15, 0.2) is 65.8 Å². The van der Waals surface area contributed by atoms with Crippen LogP contribution < -0.4 is 5.43 Å². The number of nitrogens with zero attached hydrogens (tertiary/aromatic N) is 2. The zero-order chi connectivity index (χ0) is 17.8. The summed E-state index contributed by atoms with van der Waals surface area (Å²) < 4.78 is 0. The minimum Gasteiger partial charge on any atom is -0.507 e. The number of phenolic OH excluding ortho intramolecular Hbond substituents is 1. The van der Waals surface area contributed by atoms with Gasteiger partial charge in [0.25, 0.3) is 11.6 Å². The Morgan fingerprint density at radius 3 is 2.44 bits per heavy atom. The molecule has 3 rings (SSSR count). The molecular weight excluding hydrogens is 322 g/mol. The summed E-state index contributed by atoms with van der Waals surface area (Å²) >= 11 is 0. The van der Waals surface area contributed by atoms with Crippen LogP contribution in [0.1, 0.15) is 15.9 Å². The third kappa shape index (κ3) is 3.45. The first-order chi connectivity index (χ1) is 12.1. The van der Waals surface area contributed by atoms with Gasteiger partial charge in [0, 0.05) is 6.07 Å². The number of nitro benzene ring substituents is 1. The average Bonchev–Trinajstić information content (AvgIpc) is 2.61. The van der Waals surface area contributed by atoms with Crippen LogP contribution in [0.2, 0.25) is 0 Å². The molecule has 0 heterocycles. The van der Waals surface area contributed by atoms with Gasteiger partial charge >= 0.3 is 0 Å². The van der Waals surface area contributed by atoms with E-state index in [1.54, 1.807) is 18.2 Å². The zero-order valence-corrected chi connectivity index (χ0v) is 12.9. The van der Waals surface area contributed by atoms with Crippen molar-refractivity contribution in [1.29, 1.82) is 0 Å². The van der Waals surface area contributed by atoms with Gasteiger partial charge in [-0.15, -0.1) is 0 Å². The van der Waals surface area contributed by atoms with E-state index in [9.17, 15) is 20.0 Å². The molecule has 0 saturated carbocycles. The maximum absolute atomic E-state index is 12.2. The van der Waals surface area contributed by atoms with E-state index in [0.29, 0.717) is 0 Å². The van der Waals surface area contributed by atoms with Crippen LogP contribution in [-0.2, 0) is 0 Å². The summed E-state index contributed by atoms with van der Waals surface area (Å²) in [5, 5.41) is 26.3. The first-order valence-corrected chi connectivity index (χ1v) is 7.35. The molecule has 0 unspecified atom stereocenters. The number of amides is 1. The van der Waals surface area contributed by atoms with Crippen molar-refractivity contribution in [1.82, 2.24) is 5.43 Å². The quantitative estimate of drug-likeness (QED) is 0.434. The summed E-state index contributed by atoms with van der Waals surface area (Å²) in [7, 11) is 0. The number of nitrogens with one attached hydrogen (secondary N) is 1. The highest BCUT2D eigenvalue weighted by atomic mass is 16.6. The van der Waals surface area contributed by atoms with Crippen LogP contribution >= 0.6 is 0 Å². The lowest BCUT2D eigenvalue weighted by atomic mass is 10.1. The lowest BCUT2D eigenvalue weighted by Crippen LogP contribution is -2.17. The molecule has 3 aromatic rings. The molecule has 0 radical (unpaired) electrons. The van der Waals surface area contributed by atoms with Crippen LogP contribution in [0.5, 0.6) is 5.75 Å². The molecule has 1 amide bonds.